The number of esters is 1. The summed E-state index contributed by atoms with van der Waals surface area (Å²) in [7, 11) is -4.01. The summed E-state index contributed by atoms with van der Waals surface area (Å²) in [4.78, 5) is 14.3. The standard InChI is InChI=1S/C33H48BrO5PS/c1-21(2)28-15-9-23(5)18-30(28)38-40(36,39-31-19-24(6)10-16-29(31)22(3)4)33(25-11-13-26(34)14-12-25)37-32(35)20-27-8-7-17-41-27/h7-8,11-14,17,21-24,28-31,33H,9-10,15-16,18-20H2,1-6H3. The summed E-state index contributed by atoms with van der Waals surface area (Å²) in [5.74, 6) is 0.658. The van der Waals surface area contributed by atoms with Crippen molar-refractivity contribution in [2.45, 2.75) is 105 Å². The SMILES string of the molecule is CC1CCC(C(C)C)C(OP(=O)(OC2CC(C)CCC2C(C)C)C(OC(=O)Cc2cccs2)c2ccc(Br)cc2)C1. The summed E-state index contributed by atoms with van der Waals surface area (Å²) < 4.78 is 36.2. The lowest BCUT2D eigenvalue weighted by molar-refractivity contribution is -0.146. The summed E-state index contributed by atoms with van der Waals surface area (Å²) in [6.45, 7) is 13.3. The van der Waals surface area contributed by atoms with Gasteiger partial charge in [0.25, 0.3) is 0 Å². The molecule has 8 heteroatoms. The van der Waals surface area contributed by atoms with E-state index in [0.717, 1.165) is 47.9 Å². The Morgan fingerprint density at radius 1 is 0.902 bits per heavy atom. The number of carbonyl (C=O) groups is 1. The van der Waals surface area contributed by atoms with Gasteiger partial charge in [0.1, 0.15) is 0 Å². The fraction of sp³-hybridized carbons (Fsp3) is 0.667. The molecule has 0 saturated heterocycles. The van der Waals surface area contributed by atoms with Crippen LogP contribution in [0.5, 0.6) is 0 Å². The smallest absolute Gasteiger partial charge is 0.376 e. The Morgan fingerprint density at radius 2 is 1.44 bits per heavy atom. The van der Waals surface area contributed by atoms with Crippen LogP contribution >= 0.6 is 34.9 Å². The largest absolute Gasteiger partial charge is 0.444 e. The zero-order valence-electron chi connectivity index (χ0n) is 25.5. The molecule has 2 fully saturated rings. The van der Waals surface area contributed by atoms with Crippen LogP contribution in [0.2, 0.25) is 0 Å². The van der Waals surface area contributed by atoms with E-state index in [1.165, 1.54) is 11.3 Å². The first-order valence-corrected chi connectivity index (χ1v) is 18.7. The molecule has 7 atom stereocenters. The van der Waals surface area contributed by atoms with Gasteiger partial charge in [0.15, 0.2) is 0 Å². The summed E-state index contributed by atoms with van der Waals surface area (Å²) in [6.07, 6.45) is 5.63. The van der Waals surface area contributed by atoms with Crippen LogP contribution in [0, 0.1) is 35.5 Å². The highest BCUT2D eigenvalue weighted by atomic mass is 79.9. The highest BCUT2D eigenvalue weighted by Crippen LogP contribution is 2.66. The first-order valence-electron chi connectivity index (χ1n) is 15.4. The van der Waals surface area contributed by atoms with Gasteiger partial charge in [0.05, 0.1) is 18.6 Å². The fourth-order valence-corrected chi connectivity index (χ4v) is 9.90. The molecule has 2 saturated carbocycles. The van der Waals surface area contributed by atoms with E-state index in [1.807, 2.05) is 41.8 Å². The first-order chi connectivity index (χ1) is 19.4. The zero-order chi connectivity index (χ0) is 29.7. The summed E-state index contributed by atoms with van der Waals surface area (Å²) in [5, 5.41) is 1.94. The zero-order valence-corrected chi connectivity index (χ0v) is 28.8. The minimum Gasteiger partial charge on any atom is -0.444 e. The highest BCUT2D eigenvalue weighted by molar-refractivity contribution is 9.10. The van der Waals surface area contributed by atoms with Gasteiger partial charge in [-0.05, 0) is 84.8 Å². The van der Waals surface area contributed by atoms with Gasteiger partial charge in [-0.15, -0.1) is 11.3 Å². The van der Waals surface area contributed by atoms with Gasteiger partial charge in [0, 0.05) is 14.9 Å². The molecule has 2 aliphatic carbocycles. The summed E-state index contributed by atoms with van der Waals surface area (Å²) in [5.41, 5.74) is 0.631. The number of carbonyl (C=O) groups excluding carboxylic acids is 1. The normalized spacial score (nSPS) is 29.3. The van der Waals surface area contributed by atoms with Gasteiger partial charge in [-0.1, -0.05) is 88.5 Å². The maximum Gasteiger partial charge on any atom is 0.376 e. The molecule has 0 N–H and O–H groups in total. The maximum atomic E-state index is 15.5. The molecular formula is C33H48BrO5PS. The third-order valence-electron chi connectivity index (χ3n) is 9.07. The van der Waals surface area contributed by atoms with E-state index in [4.69, 9.17) is 13.8 Å². The van der Waals surface area contributed by atoms with Gasteiger partial charge in [-0.3, -0.25) is 9.36 Å². The third-order valence-corrected chi connectivity index (χ3v) is 12.6. The van der Waals surface area contributed by atoms with Crippen molar-refractivity contribution in [2.75, 3.05) is 0 Å². The topological polar surface area (TPSA) is 61.8 Å². The molecule has 7 unspecified atom stereocenters. The lowest BCUT2D eigenvalue weighted by Crippen LogP contribution is -2.37. The molecule has 1 aromatic heterocycles. The Labute approximate surface area is 259 Å². The fourth-order valence-electron chi connectivity index (χ4n) is 6.65. The van der Waals surface area contributed by atoms with Crippen molar-refractivity contribution in [2.24, 2.45) is 35.5 Å². The Morgan fingerprint density at radius 3 is 1.90 bits per heavy atom. The van der Waals surface area contributed by atoms with Crippen LogP contribution in [0.4, 0.5) is 0 Å². The second-order valence-corrected chi connectivity index (χ2v) is 17.0. The average Bonchev–Trinajstić information content (AvgIpc) is 3.40. The number of hydrogen-bond acceptors (Lipinski definition) is 6. The quantitative estimate of drug-likeness (QED) is 0.176. The van der Waals surface area contributed by atoms with E-state index in [0.29, 0.717) is 29.2 Å². The van der Waals surface area contributed by atoms with Crippen molar-refractivity contribution in [3.63, 3.8) is 0 Å². The van der Waals surface area contributed by atoms with Crippen molar-refractivity contribution in [3.8, 4) is 0 Å². The molecule has 0 bridgehead atoms. The Kier molecular flexibility index (Phi) is 11.8. The number of hydrogen-bond donors (Lipinski definition) is 0. The molecule has 0 radical (unpaired) electrons. The van der Waals surface area contributed by atoms with Crippen LogP contribution in [0.25, 0.3) is 0 Å². The lowest BCUT2D eigenvalue weighted by Gasteiger charge is -2.43. The Balaban J connectivity index is 1.75. The maximum absolute atomic E-state index is 15.5. The minimum absolute atomic E-state index is 0.120. The van der Waals surface area contributed by atoms with Crippen molar-refractivity contribution < 1.29 is 23.1 Å². The molecule has 0 spiro atoms. The predicted octanol–water partition coefficient (Wildman–Crippen LogP) is 10.4. The average molecular weight is 668 g/mol. The van der Waals surface area contributed by atoms with Gasteiger partial charge >= 0.3 is 13.6 Å². The van der Waals surface area contributed by atoms with Gasteiger partial charge in [-0.25, -0.2) is 0 Å². The van der Waals surface area contributed by atoms with Crippen molar-refractivity contribution >= 4 is 40.8 Å². The summed E-state index contributed by atoms with van der Waals surface area (Å²) >= 11 is 5.03. The Bertz CT molecular complexity index is 1110. The molecule has 4 rings (SSSR count). The third kappa shape index (κ3) is 8.79. The van der Waals surface area contributed by atoms with E-state index in [2.05, 4.69) is 57.5 Å². The molecule has 2 aliphatic rings. The van der Waals surface area contributed by atoms with E-state index in [-0.39, 0.29) is 30.5 Å². The monoisotopic (exact) mass is 666 g/mol. The van der Waals surface area contributed by atoms with Crippen molar-refractivity contribution in [3.05, 3.63) is 56.7 Å². The van der Waals surface area contributed by atoms with Crippen molar-refractivity contribution in [1.82, 2.24) is 0 Å². The molecule has 1 heterocycles. The van der Waals surface area contributed by atoms with E-state index >= 15 is 4.57 Å². The van der Waals surface area contributed by atoms with E-state index < -0.39 is 19.4 Å². The van der Waals surface area contributed by atoms with Crippen LogP contribution in [0.1, 0.15) is 96.4 Å². The van der Waals surface area contributed by atoms with Crippen LogP contribution in [0.15, 0.2) is 46.3 Å². The van der Waals surface area contributed by atoms with Crippen LogP contribution in [-0.4, -0.2) is 18.2 Å². The van der Waals surface area contributed by atoms with E-state index in [1.54, 1.807) is 0 Å². The molecule has 1 aromatic carbocycles. The predicted molar refractivity (Wildman–Crippen MR) is 171 cm³/mol. The molecule has 41 heavy (non-hydrogen) atoms. The molecule has 5 nitrogen and oxygen atoms in total. The number of halogens is 1. The van der Waals surface area contributed by atoms with Crippen LogP contribution in [0.3, 0.4) is 0 Å². The first kappa shape index (κ1) is 32.9. The molecule has 0 amide bonds. The Hall–Kier alpha value is -0.980. The number of ether oxygens (including phenoxy) is 1. The van der Waals surface area contributed by atoms with Gasteiger partial charge in [0.2, 0.25) is 5.85 Å². The van der Waals surface area contributed by atoms with Crippen molar-refractivity contribution in [1.29, 1.82) is 0 Å². The van der Waals surface area contributed by atoms with Crippen LogP contribution in [-0.2, 0) is 29.6 Å². The van der Waals surface area contributed by atoms with Gasteiger partial charge in [-0.2, -0.15) is 0 Å². The molecule has 2 aromatic rings. The van der Waals surface area contributed by atoms with E-state index in [9.17, 15) is 4.79 Å². The molecule has 0 aliphatic heterocycles. The van der Waals surface area contributed by atoms with Gasteiger partial charge < -0.3 is 13.8 Å². The number of benzene rings is 1. The second-order valence-electron chi connectivity index (χ2n) is 13.1. The highest BCUT2D eigenvalue weighted by Gasteiger charge is 2.48. The molecular weight excluding hydrogens is 619 g/mol. The molecule has 228 valence electrons. The summed E-state index contributed by atoms with van der Waals surface area (Å²) in [6, 6.07) is 11.3. The number of thiophene rings is 1. The lowest BCUT2D eigenvalue weighted by atomic mass is 9.75. The minimum atomic E-state index is -4.01. The van der Waals surface area contributed by atoms with Crippen LogP contribution < -0.4 is 0 Å². The number of rotatable bonds is 11. The second kappa shape index (κ2) is 14.7.